The second-order valence-electron chi connectivity index (χ2n) is 6.20. The number of nitrogens with zero attached hydrogens (tertiary/aromatic N) is 1. The van der Waals surface area contributed by atoms with Gasteiger partial charge in [0.15, 0.2) is 9.84 Å². The summed E-state index contributed by atoms with van der Waals surface area (Å²) >= 11 is 0. The molecular formula is C17H22N2O4S. The molecular weight excluding hydrogens is 328 g/mol. The van der Waals surface area contributed by atoms with Gasteiger partial charge in [0, 0.05) is 36.8 Å². The monoisotopic (exact) mass is 350 g/mol. The summed E-state index contributed by atoms with van der Waals surface area (Å²) in [5.74, 6) is 0.0783. The van der Waals surface area contributed by atoms with Gasteiger partial charge in [-0.1, -0.05) is 18.2 Å². The summed E-state index contributed by atoms with van der Waals surface area (Å²) in [4.78, 5) is 12.3. The molecule has 1 amide bonds. The molecule has 1 aliphatic heterocycles. The molecule has 1 aromatic heterocycles. The van der Waals surface area contributed by atoms with Crippen LogP contribution in [0.1, 0.15) is 12.0 Å². The van der Waals surface area contributed by atoms with Gasteiger partial charge in [-0.15, -0.1) is 0 Å². The zero-order chi connectivity index (χ0) is 17.2. The number of aromatic nitrogens is 1. The van der Waals surface area contributed by atoms with Gasteiger partial charge in [0.25, 0.3) is 0 Å². The Morgan fingerprint density at radius 2 is 2.17 bits per heavy atom. The molecule has 0 aliphatic carbocycles. The van der Waals surface area contributed by atoms with Gasteiger partial charge >= 0.3 is 0 Å². The summed E-state index contributed by atoms with van der Waals surface area (Å²) in [5.41, 5.74) is 2.01. The van der Waals surface area contributed by atoms with Crippen LogP contribution in [0.2, 0.25) is 0 Å². The number of rotatable bonds is 6. The van der Waals surface area contributed by atoms with E-state index in [0.29, 0.717) is 13.0 Å². The molecule has 2 aromatic rings. The van der Waals surface area contributed by atoms with Crippen LogP contribution in [-0.4, -0.2) is 50.2 Å². The van der Waals surface area contributed by atoms with E-state index in [4.69, 9.17) is 4.74 Å². The average molecular weight is 350 g/mol. The van der Waals surface area contributed by atoms with E-state index in [1.807, 2.05) is 30.5 Å². The van der Waals surface area contributed by atoms with Gasteiger partial charge in [0.2, 0.25) is 5.91 Å². The lowest BCUT2D eigenvalue weighted by atomic mass is 10.1. The normalized spacial score (nSPS) is 19.6. The SMILES string of the molecule is COCCn1cc(CC(=O)N[C@@H]2CCS(=O)(=O)C2)c2ccccc21. The van der Waals surface area contributed by atoms with Gasteiger partial charge in [-0.05, 0) is 18.1 Å². The summed E-state index contributed by atoms with van der Waals surface area (Å²) < 4.78 is 30.2. The fourth-order valence-electron chi connectivity index (χ4n) is 3.20. The lowest BCUT2D eigenvalue weighted by Crippen LogP contribution is -2.36. The number of benzene rings is 1. The molecule has 0 saturated carbocycles. The Morgan fingerprint density at radius 1 is 1.38 bits per heavy atom. The van der Waals surface area contributed by atoms with Gasteiger partial charge in [-0.25, -0.2) is 8.42 Å². The van der Waals surface area contributed by atoms with Crippen molar-refractivity contribution in [2.75, 3.05) is 25.2 Å². The fraction of sp³-hybridized carbons (Fsp3) is 0.471. The van der Waals surface area contributed by atoms with Crippen LogP contribution >= 0.6 is 0 Å². The molecule has 0 spiro atoms. The number of methoxy groups -OCH3 is 1. The summed E-state index contributed by atoms with van der Waals surface area (Å²) in [6, 6.07) is 7.69. The van der Waals surface area contributed by atoms with Crippen molar-refractivity contribution in [3.63, 3.8) is 0 Å². The molecule has 0 radical (unpaired) electrons. The lowest BCUT2D eigenvalue weighted by molar-refractivity contribution is -0.120. The van der Waals surface area contributed by atoms with Gasteiger partial charge < -0.3 is 14.6 Å². The van der Waals surface area contributed by atoms with Crippen molar-refractivity contribution in [3.05, 3.63) is 36.0 Å². The predicted molar refractivity (Wildman–Crippen MR) is 92.7 cm³/mol. The summed E-state index contributed by atoms with van der Waals surface area (Å²) in [6.07, 6.45) is 2.73. The third-order valence-corrected chi connectivity index (χ3v) is 6.12. The molecule has 1 aromatic carbocycles. The number of para-hydroxylation sites is 1. The first kappa shape index (κ1) is 17.0. The Labute approximate surface area is 141 Å². The molecule has 1 aliphatic rings. The van der Waals surface area contributed by atoms with E-state index >= 15 is 0 Å². The van der Waals surface area contributed by atoms with Gasteiger partial charge in [0.1, 0.15) is 0 Å². The van der Waals surface area contributed by atoms with Crippen molar-refractivity contribution in [2.24, 2.45) is 0 Å². The molecule has 24 heavy (non-hydrogen) atoms. The molecule has 3 rings (SSSR count). The van der Waals surface area contributed by atoms with E-state index in [0.717, 1.165) is 23.0 Å². The highest BCUT2D eigenvalue weighted by molar-refractivity contribution is 7.91. The van der Waals surface area contributed by atoms with Crippen LogP contribution in [0.15, 0.2) is 30.5 Å². The largest absolute Gasteiger partial charge is 0.383 e. The third kappa shape index (κ3) is 3.79. The van der Waals surface area contributed by atoms with E-state index in [1.165, 1.54) is 0 Å². The van der Waals surface area contributed by atoms with Crippen LogP contribution in [0.25, 0.3) is 10.9 Å². The molecule has 1 saturated heterocycles. The minimum atomic E-state index is -2.99. The maximum Gasteiger partial charge on any atom is 0.224 e. The zero-order valence-electron chi connectivity index (χ0n) is 13.7. The molecule has 0 unspecified atom stereocenters. The van der Waals surface area contributed by atoms with Crippen LogP contribution in [-0.2, 0) is 32.3 Å². The van der Waals surface area contributed by atoms with Crippen LogP contribution in [0, 0.1) is 0 Å². The number of sulfone groups is 1. The average Bonchev–Trinajstić information content (AvgIpc) is 3.06. The lowest BCUT2D eigenvalue weighted by Gasteiger charge is -2.10. The van der Waals surface area contributed by atoms with Crippen molar-refractivity contribution in [1.82, 2.24) is 9.88 Å². The smallest absolute Gasteiger partial charge is 0.224 e. The number of fused-ring (bicyclic) bond motifs is 1. The number of carbonyl (C=O) groups excluding carboxylic acids is 1. The molecule has 1 fully saturated rings. The Balaban J connectivity index is 1.73. The van der Waals surface area contributed by atoms with Gasteiger partial charge in [-0.3, -0.25) is 4.79 Å². The minimum Gasteiger partial charge on any atom is -0.383 e. The number of amides is 1. The molecule has 1 N–H and O–H groups in total. The number of ether oxygens (including phenoxy) is 1. The predicted octanol–water partition coefficient (Wildman–Crippen LogP) is 1.13. The van der Waals surface area contributed by atoms with Crippen LogP contribution in [0.4, 0.5) is 0 Å². The third-order valence-electron chi connectivity index (χ3n) is 4.36. The van der Waals surface area contributed by atoms with E-state index in [2.05, 4.69) is 9.88 Å². The van der Waals surface area contributed by atoms with Crippen molar-refractivity contribution in [3.8, 4) is 0 Å². The maximum absolute atomic E-state index is 12.3. The van der Waals surface area contributed by atoms with Crippen LogP contribution < -0.4 is 5.32 Å². The second-order valence-corrected chi connectivity index (χ2v) is 8.43. The minimum absolute atomic E-state index is 0.0499. The second kappa shape index (κ2) is 6.94. The van der Waals surface area contributed by atoms with Crippen molar-refractivity contribution in [2.45, 2.75) is 25.4 Å². The molecule has 7 heteroatoms. The first-order chi connectivity index (χ1) is 11.5. The maximum atomic E-state index is 12.3. The van der Waals surface area contributed by atoms with E-state index in [9.17, 15) is 13.2 Å². The topological polar surface area (TPSA) is 77.4 Å². The summed E-state index contributed by atoms with van der Waals surface area (Å²) in [5, 5.41) is 3.89. The Kier molecular flexibility index (Phi) is 4.91. The molecule has 6 nitrogen and oxygen atoms in total. The zero-order valence-corrected chi connectivity index (χ0v) is 14.5. The Morgan fingerprint density at radius 3 is 2.88 bits per heavy atom. The van der Waals surface area contributed by atoms with Gasteiger partial charge in [-0.2, -0.15) is 0 Å². The highest BCUT2D eigenvalue weighted by Gasteiger charge is 2.29. The van der Waals surface area contributed by atoms with E-state index < -0.39 is 9.84 Å². The highest BCUT2D eigenvalue weighted by Crippen LogP contribution is 2.22. The number of hydrogen-bond donors (Lipinski definition) is 1. The summed E-state index contributed by atoms with van der Waals surface area (Å²) in [7, 11) is -1.33. The first-order valence-corrected chi connectivity index (χ1v) is 9.86. The highest BCUT2D eigenvalue weighted by atomic mass is 32.2. The molecule has 2 heterocycles. The standard InChI is InChI=1S/C17H22N2O4S/c1-23-8-7-19-11-13(15-4-2-3-5-16(15)19)10-17(20)18-14-6-9-24(21,22)12-14/h2-5,11,14H,6-10,12H2,1H3,(H,18,20)/t14-/m1/s1. The number of nitrogens with one attached hydrogen (secondary N) is 1. The van der Waals surface area contributed by atoms with Crippen LogP contribution in [0.3, 0.4) is 0 Å². The summed E-state index contributed by atoms with van der Waals surface area (Å²) in [6.45, 7) is 1.32. The van der Waals surface area contributed by atoms with Crippen molar-refractivity contribution >= 4 is 26.6 Å². The van der Waals surface area contributed by atoms with Crippen molar-refractivity contribution < 1.29 is 17.9 Å². The Hall–Kier alpha value is -1.86. The van der Waals surface area contributed by atoms with Gasteiger partial charge in [0.05, 0.1) is 24.5 Å². The molecule has 130 valence electrons. The van der Waals surface area contributed by atoms with E-state index in [1.54, 1.807) is 7.11 Å². The van der Waals surface area contributed by atoms with E-state index in [-0.39, 0.29) is 29.9 Å². The number of carbonyl (C=O) groups is 1. The molecule has 1 atom stereocenters. The Bertz CT molecular complexity index is 841. The van der Waals surface area contributed by atoms with Crippen molar-refractivity contribution in [1.29, 1.82) is 0 Å². The molecule has 0 bridgehead atoms. The quantitative estimate of drug-likeness (QED) is 0.847. The number of hydrogen-bond acceptors (Lipinski definition) is 4. The van der Waals surface area contributed by atoms with Crippen LogP contribution in [0.5, 0.6) is 0 Å². The fourth-order valence-corrected chi connectivity index (χ4v) is 4.87. The first-order valence-electron chi connectivity index (χ1n) is 8.04.